The lowest BCUT2D eigenvalue weighted by Gasteiger charge is -2.38. The molecule has 5 heteroatoms. The predicted octanol–water partition coefficient (Wildman–Crippen LogP) is 8.50. The lowest BCUT2D eigenvalue weighted by atomic mass is 9.83. The van der Waals surface area contributed by atoms with Crippen LogP contribution in [0.5, 0.6) is 11.5 Å². The second-order valence-corrected chi connectivity index (χ2v) is 13.7. The molecule has 0 bridgehead atoms. The predicted molar refractivity (Wildman–Crippen MR) is 169 cm³/mol. The molecule has 2 rings (SSSR count). The van der Waals surface area contributed by atoms with Crippen LogP contribution >= 0.6 is 0 Å². The highest BCUT2D eigenvalue weighted by Gasteiger charge is 2.35. The number of benzene rings is 1. The van der Waals surface area contributed by atoms with Gasteiger partial charge in [-0.25, -0.2) is 4.79 Å². The van der Waals surface area contributed by atoms with Crippen LogP contribution in [0.15, 0.2) is 0 Å². The fraction of sp³-hybridized carbons (Fsp3) is 0.800. The molecule has 1 aromatic rings. The molecule has 40 heavy (non-hydrogen) atoms. The number of ether oxygens (including phenoxy) is 2. The van der Waals surface area contributed by atoms with E-state index in [-0.39, 0.29) is 11.6 Å². The minimum absolute atomic E-state index is 0.148. The van der Waals surface area contributed by atoms with Gasteiger partial charge in [0.25, 0.3) is 0 Å². The van der Waals surface area contributed by atoms with Crippen molar-refractivity contribution in [2.24, 2.45) is 29.2 Å². The molecule has 230 valence electrons. The van der Waals surface area contributed by atoms with E-state index in [4.69, 9.17) is 20.9 Å². The number of hydrogen-bond donors (Lipinski definition) is 2. The average molecular weight is 559 g/mol. The van der Waals surface area contributed by atoms with Crippen molar-refractivity contribution in [2.45, 2.75) is 157 Å². The molecule has 1 aromatic carbocycles. The molecule has 0 spiro atoms. The summed E-state index contributed by atoms with van der Waals surface area (Å²) < 4.78 is 12.6. The first-order valence-electron chi connectivity index (χ1n) is 16.4. The van der Waals surface area contributed by atoms with Gasteiger partial charge < -0.3 is 20.9 Å². The van der Waals surface area contributed by atoms with Crippen molar-refractivity contribution in [1.82, 2.24) is 0 Å². The highest BCUT2D eigenvalue weighted by molar-refractivity contribution is 5.79. The van der Waals surface area contributed by atoms with Gasteiger partial charge in [0.2, 0.25) is 0 Å². The topological polar surface area (TPSA) is 87.6 Å². The molecule has 1 aliphatic heterocycles. The molecular formula is C35H62N2O3. The Morgan fingerprint density at radius 1 is 0.850 bits per heavy atom. The number of carbonyl (C=O) groups is 1. The Morgan fingerprint density at radius 2 is 1.45 bits per heavy atom. The van der Waals surface area contributed by atoms with Gasteiger partial charge in [0.1, 0.15) is 23.1 Å². The molecule has 4 N–H and O–H groups in total. The zero-order chi connectivity index (χ0) is 29.9. The Kier molecular flexibility index (Phi) is 14.5. The van der Waals surface area contributed by atoms with Crippen LogP contribution in [0.4, 0.5) is 0 Å². The van der Waals surface area contributed by atoms with E-state index in [1.807, 2.05) is 13.8 Å². The van der Waals surface area contributed by atoms with E-state index in [9.17, 15) is 4.79 Å². The summed E-state index contributed by atoms with van der Waals surface area (Å²) in [7, 11) is 0. The quantitative estimate of drug-likeness (QED) is 0.107. The van der Waals surface area contributed by atoms with Crippen molar-refractivity contribution in [3.05, 3.63) is 22.3 Å². The van der Waals surface area contributed by atoms with E-state index in [1.54, 1.807) is 0 Å². The first kappa shape index (κ1) is 34.6. The van der Waals surface area contributed by atoms with Gasteiger partial charge in [-0.15, -0.1) is 0 Å². The van der Waals surface area contributed by atoms with Gasteiger partial charge in [-0.1, -0.05) is 79.1 Å². The van der Waals surface area contributed by atoms with Gasteiger partial charge in [-0.05, 0) is 107 Å². The van der Waals surface area contributed by atoms with Gasteiger partial charge in [-0.2, -0.15) is 0 Å². The number of rotatable bonds is 18. The Bertz CT molecular complexity index is 928. The zero-order valence-corrected chi connectivity index (χ0v) is 27.3. The summed E-state index contributed by atoms with van der Waals surface area (Å²) in [5, 5.41) is 0. The van der Waals surface area contributed by atoms with Gasteiger partial charge in [0, 0.05) is 5.56 Å². The van der Waals surface area contributed by atoms with Crippen LogP contribution in [0.25, 0.3) is 0 Å². The molecule has 0 aromatic heterocycles. The minimum atomic E-state index is -0.623. The standard InChI is InChI=1S/C35H62N2O3/c1-24(2)14-11-15-25(3)16-12-17-26(4)18-13-21-35(8)22-20-30-29(7)32(27(5)28(6)33(30)40-35)39-34(38)31(37)19-9-10-23-36/h24-26,31H,9-23,36-37H2,1-8H3/t25?,26?,31-,35+/m0/s1. The summed E-state index contributed by atoms with van der Waals surface area (Å²) >= 11 is 0. The minimum Gasteiger partial charge on any atom is -0.487 e. The third-order valence-corrected chi connectivity index (χ3v) is 9.31. The van der Waals surface area contributed by atoms with E-state index in [1.165, 1.54) is 56.9 Å². The summed E-state index contributed by atoms with van der Waals surface area (Å²) in [4.78, 5) is 12.7. The molecule has 5 nitrogen and oxygen atoms in total. The Hall–Kier alpha value is -1.59. The first-order valence-corrected chi connectivity index (χ1v) is 16.4. The molecule has 0 radical (unpaired) electrons. The number of hydrogen-bond acceptors (Lipinski definition) is 5. The third kappa shape index (κ3) is 10.7. The second kappa shape index (κ2) is 16.8. The molecule has 0 aliphatic carbocycles. The molecule has 1 heterocycles. The highest BCUT2D eigenvalue weighted by Crippen LogP contribution is 2.45. The SMILES string of the molecule is Cc1c(C)c2c(c(C)c1OC(=O)[C@@H](N)CCCCN)CC[C@@](C)(CCCC(C)CCCC(C)CCCC(C)C)O2. The number of nitrogens with two attached hydrogens (primary N) is 2. The maximum atomic E-state index is 12.7. The zero-order valence-electron chi connectivity index (χ0n) is 27.3. The number of esters is 1. The Labute approximate surface area is 246 Å². The summed E-state index contributed by atoms with van der Waals surface area (Å²) in [6.45, 7) is 18.6. The lowest BCUT2D eigenvalue weighted by molar-refractivity contribution is -0.136. The van der Waals surface area contributed by atoms with Crippen molar-refractivity contribution >= 4 is 5.97 Å². The van der Waals surface area contributed by atoms with Gasteiger partial charge in [0.05, 0.1) is 0 Å². The second-order valence-electron chi connectivity index (χ2n) is 13.7. The first-order chi connectivity index (χ1) is 18.9. The van der Waals surface area contributed by atoms with Crippen molar-refractivity contribution in [3.8, 4) is 11.5 Å². The van der Waals surface area contributed by atoms with E-state index in [2.05, 4.69) is 41.5 Å². The molecule has 0 fully saturated rings. The van der Waals surface area contributed by atoms with Crippen molar-refractivity contribution < 1.29 is 14.3 Å². The molecule has 0 amide bonds. The van der Waals surface area contributed by atoms with E-state index in [0.717, 1.165) is 72.3 Å². The van der Waals surface area contributed by atoms with Crippen LogP contribution in [0, 0.1) is 38.5 Å². The van der Waals surface area contributed by atoms with Gasteiger partial charge >= 0.3 is 5.97 Å². The monoisotopic (exact) mass is 558 g/mol. The molecule has 2 unspecified atom stereocenters. The lowest BCUT2D eigenvalue weighted by Crippen LogP contribution is -2.37. The molecule has 0 saturated heterocycles. The van der Waals surface area contributed by atoms with E-state index in [0.29, 0.717) is 18.7 Å². The van der Waals surface area contributed by atoms with Crippen molar-refractivity contribution in [3.63, 3.8) is 0 Å². The van der Waals surface area contributed by atoms with Crippen LogP contribution in [0.3, 0.4) is 0 Å². The van der Waals surface area contributed by atoms with Crippen LogP contribution < -0.4 is 20.9 Å². The number of unbranched alkanes of at least 4 members (excludes halogenated alkanes) is 1. The third-order valence-electron chi connectivity index (χ3n) is 9.31. The van der Waals surface area contributed by atoms with Crippen LogP contribution in [-0.4, -0.2) is 24.2 Å². The molecule has 4 atom stereocenters. The Balaban J connectivity index is 1.88. The van der Waals surface area contributed by atoms with Gasteiger partial charge in [0.15, 0.2) is 0 Å². The fourth-order valence-corrected chi connectivity index (χ4v) is 6.22. The number of fused-ring (bicyclic) bond motifs is 1. The van der Waals surface area contributed by atoms with Crippen LogP contribution in [0.1, 0.15) is 140 Å². The van der Waals surface area contributed by atoms with Crippen molar-refractivity contribution in [1.29, 1.82) is 0 Å². The molecule has 1 aliphatic rings. The Morgan fingerprint density at radius 3 is 2.05 bits per heavy atom. The fourth-order valence-electron chi connectivity index (χ4n) is 6.22. The van der Waals surface area contributed by atoms with E-state index >= 15 is 0 Å². The maximum Gasteiger partial charge on any atom is 0.328 e. The van der Waals surface area contributed by atoms with Crippen LogP contribution in [-0.2, 0) is 11.2 Å². The normalized spacial score (nSPS) is 19.2. The maximum absolute atomic E-state index is 12.7. The van der Waals surface area contributed by atoms with Crippen molar-refractivity contribution in [2.75, 3.05) is 6.54 Å². The largest absolute Gasteiger partial charge is 0.487 e. The highest BCUT2D eigenvalue weighted by atomic mass is 16.5. The molecule has 0 saturated carbocycles. The summed E-state index contributed by atoms with van der Waals surface area (Å²) in [5.74, 6) is 3.75. The smallest absolute Gasteiger partial charge is 0.328 e. The summed E-state index contributed by atoms with van der Waals surface area (Å²) in [5.41, 5.74) is 15.8. The number of carbonyl (C=O) groups excluding carboxylic acids is 1. The van der Waals surface area contributed by atoms with Gasteiger partial charge in [-0.3, -0.25) is 0 Å². The average Bonchev–Trinajstić information content (AvgIpc) is 2.89. The molecular weight excluding hydrogens is 496 g/mol. The summed E-state index contributed by atoms with van der Waals surface area (Å²) in [6, 6.07) is -0.623. The summed E-state index contributed by atoms with van der Waals surface area (Å²) in [6.07, 6.45) is 16.0. The van der Waals surface area contributed by atoms with Crippen LogP contribution in [0.2, 0.25) is 0 Å². The van der Waals surface area contributed by atoms with E-state index < -0.39 is 6.04 Å².